The van der Waals surface area contributed by atoms with E-state index in [1.54, 1.807) is 6.07 Å². The van der Waals surface area contributed by atoms with Gasteiger partial charge in [-0.3, -0.25) is 0 Å². The van der Waals surface area contributed by atoms with Gasteiger partial charge in [-0.15, -0.1) is 0 Å². The van der Waals surface area contributed by atoms with Gasteiger partial charge in [0.2, 0.25) is 5.88 Å². The van der Waals surface area contributed by atoms with Gasteiger partial charge >= 0.3 is 0 Å². The third-order valence-electron chi connectivity index (χ3n) is 2.69. The van der Waals surface area contributed by atoms with E-state index in [0.29, 0.717) is 23.9 Å². The second-order valence-electron chi connectivity index (χ2n) is 4.15. The minimum Gasteiger partial charge on any atom is -0.438 e. The number of hydrogen-bond donors (Lipinski definition) is 2. The summed E-state index contributed by atoms with van der Waals surface area (Å²) in [7, 11) is 0. The van der Waals surface area contributed by atoms with Gasteiger partial charge in [-0.1, -0.05) is 37.3 Å². The Morgan fingerprint density at radius 3 is 2.80 bits per heavy atom. The number of nitrogens with zero attached hydrogens (tertiary/aromatic N) is 2. The number of hydrazine groups is 1. The minimum atomic E-state index is 0.474. The highest BCUT2D eigenvalue weighted by Gasteiger charge is 2.07. The second-order valence-corrected chi connectivity index (χ2v) is 4.15. The first-order valence-corrected chi connectivity index (χ1v) is 6.51. The maximum atomic E-state index is 5.85. The molecular formula is C15H18N4O. The van der Waals surface area contributed by atoms with Crippen LogP contribution < -0.4 is 16.0 Å². The van der Waals surface area contributed by atoms with E-state index in [0.717, 1.165) is 11.3 Å². The Morgan fingerprint density at radius 2 is 2.10 bits per heavy atom. The highest BCUT2D eigenvalue weighted by Crippen LogP contribution is 2.26. The molecule has 5 heteroatoms. The molecule has 3 N–H and O–H groups in total. The van der Waals surface area contributed by atoms with Gasteiger partial charge in [-0.05, 0) is 13.0 Å². The van der Waals surface area contributed by atoms with E-state index in [1.807, 2.05) is 50.3 Å². The molecule has 104 valence electrons. The number of para-hydroxylation sites is 1. The number of nitrogen functional groups attached to an aromatic ring is 1. The van der Waals surface area contributed by atoms with E-state index in [2.05, 4.69) is 15.4 Å². The smallest absolute Gasteiger partial charge is 0.224 e. The average Bonchev–Trinajstić information content (AvgIpc) is 2.49. The zero-order valence-electron chi connectivity index (χ0n) is 11.6. The van der Waals surface area contributed by atoms with Gasteiger partial charge in [0.05, 0.1) is 0 Å². The van der Waals surface area contributed by atoms with Crippen LogP contribution in [0, 0.1) is 0 Å². The molecule has 2 rings (SSSR count). The fourth-order valence-corrected chi connectivity index (χ4v) is 1.76. The van der Waals surface area contributed by atoms with Crippen LogP contribution in [0.3, 0.4) is 0 Å². The lowest BCUT2D eigenvalue weighted by Gasteiger charge is -2.10. The van der Waals surface area contributed by atoms with Crippen LogP contribution in [-0.4, -0.2) is 9.97 Å². The summed E-state index contributed by atoms with van der Waals surface area (Å²) in [6.07, 6.45) is 4.66. The highest BCUT2D eigenvalue weighted by molar-refractivity contribution is 5.57. The van der Waals surface area contributed by atoms with Crippen molar-refractivity contribution in [3.8, 4) is 11.6 Å². The van der Waals surface area contributed by atoms with Crippen LogP contribution in [0.2, 0.25) is 0 Å². The summed E-state index contributed by atoms with van der Waals surface area (Å²) in [5.41, 5.74) is 3.52. The number of ether oxygens (including phenoxy) is 1. The first-order valence-electron chi connectivity index (χ1n) is 6.51. The molecule has 0 aliphatic carbocycles. The zero-order chi connectivity index (χ0) is 14.4. The Kier molecular flexibility index (Phi) is 4.68. The van der Waals surface area contributed by atoms with E-state index in [9.17, 15) is 0 Å². The van der Waals surface area contributed by atoms with E-state index in [1.165, 1.54) is 0 Å². The maximum absolute atomic E-state index is 5.85. The van der Waals surface area contributed by atoms with E-state index < -0.39 is 0 Å². The number of nitrogens with one attached hydrogen (secondary N) is 1. The Morgan fingerprint density at radius 1 is 1.30 bits per heavy atom. The van der Waals surface area contributed by atoms with Gasteiger partial charge in [0, 0.05) is 18.1 Å². The largest absolute Gasteiger partial charge is 0.438 e. The SMILES string of the molecule is C/C=C/c1ccccc1Oc1cc(NN)nc(CC)n1. The Labute approximate surface area is 118 Å². The second kappa shape index (κ2) is 6.68. The number of benzene rings is 1. The summed E-state index contributed by atoms with van der Waals surface area (Å²) in [5.74, 6) is 7.84. The van der Waals surface area contributed by atoms with Crippen molar-refractivity contribution >= 4 is 11.9 Å². The summed E-state index contributed by atoms with van der Waals surface area (Å²) in [6, 6.07) is 9.45. The van der Waals surface area contributed by atoms with Gasteiger partial charge in [-0.2, -0.15) is 4.98 Å². The molecule has 0 saturated heterocycles. The summed E-state index contributed by atoms with van der Waals surface area (Å²) in [5, 5.41) is 0. The molecule has 1 heterocycles. The molecule has 0 amide bonds. The molecule has 0 saturated carbocycles. The molecular weight excluding hydrogens is 252 g/mol. The zero-order valence-corrected chi connectivity index (χ0v) is 11.6. The Bertz CT molecular complexity index is 588. The Balaban J connectivity index is 2.34. The molecule has 0 fully saturated rings. The fourth-order valence-electron chi connectivity index (χ4n) is 1.76. The van der Waals surface area contributed by atoms with Crippen molar-refractivity contribution in [2.24, 2.45) is 5.84 Å². The third-order valence-corrected chi connectivity index (χ3v) is 2.69. The molecule has 20 heavy (non-hydrogen) atoms. The van der Waals surface area contributed by atoms with E-state index >= 15 is 0 Å². The molecule has 0 atom stereocenters. The van der Waals surface area contributed by atoms with Crippen LogP contribution in [0.15, 0.2) is 36.4 Å². The molecule has 0 unspecified atom stereocenters. The quantitative estimate of drug-likeness (QED) is 0.645. The van der Waals surface area contributed by atoms with E-state index in [-0.39, 0.29) is 0 Å². The lowest BCUT2D eigenvalue weighted by molar-refractivity contribution is 0.458. The number of rotatable bonds is 5. The fraction of sp³-hybridized carbons (Fsp3) is 0.200. The Hall–Kier alpha value is -2.40. The summed E-state index contributed by atoms with van der Waals surface area (Å²) in [6.45, 7) is 3.94. The van der Waals surface area contributed by atoms with Crippen LogP contribution in [-0.2, 0) is 6.42 Å². The van der Waals surface area contributed by atoms with E-state index in [4.69, 9.17) is 10.6 Å². The van der Waals surface area contributed by atoms with Crippen LogP contribution in [0.5, 0.6) is 11.6 Å². The molecule has 0 aliphatic rings. The lowest BCUT2D eigenvalue weighted by atomic mass is 10.2. The van der Waals surface area contributed by atoms with Crippen LogP contribution in [0.25, 0.3) is 6.08 Å². The first-order chi connectivity index (χ1) is 9.76. The van der Waals surface area contributed by atoms with Crippen molar-refractivity contribution in [1.82, 2.24) is 9.97 Å². The molecule has 0 bridgehead atoms. The van der Waals surface area contributed by atoms with Gasteiger partial charge < -0.3 is 10.2 Å². The third kappa shape index (κ3) is 3.33. The predicted molar refractivity (Wildman–Crippen MR) is 80.4 cm³/mol. The van der Waals surface area contributed by atoms with Crippen molar-refractivity contribution in [3.63, 3.8) is 0 Å². The minimum absolute atomic E-state index is 0.474. The maximum Gasteiger partial charge on any atom is 0.224 e. The van der Waals surface area contributed by atoms with Crippen molar-refractivity contribution in [1.29, 1.82) is 0 Å². The van der Waals surface area contributed by atoms with Crippen molar-refractivity contribution < 1.29 is 4.74 Å². The molecule has 1 aromatic carbocycles. The summed E-state index contributed by atoms with van der Waals surface area (Å²) >= 11 is 0. The van der Waals surface area contributed by atoms with Crippen LogP contribution in [0.1, 0.15) is 25.2 Å². The summed E-state index contributed by atoms with van der Waals surface area (Å²) < 4.78 is 5.85. The normalized spacial score (nSPS) is 10.8. The monoisotopic (exact) mass is 270 g/mol. The number of anilines is 1. The number of allylic oxidation sites excluding steroid dienone is 1. The number of aromatic nitrogens is 2. The van der Waals surface area contributed by atoms with Gasteiger partial charge in [0.1, 0.15) is 17.4 Å². The topological polar surface area (TPSA) is 73.1 Å². The molecule has 0 radical (unpaired) electrons. The van der Waals surface area contributed by atoms with Crippen molar-refractivity contribution in [2.75, 3.05) is 5.43 Å². The molecule has 5 nitrogen and oxygen atoms in total. The standard InChI is InChI=1S/C15H18N4O/c1-3-7-11-8-5-6-9-12(11)20-15-10-14(19-16)17-13(4-2)18-15/h3,5-10H,4,16H2,1-2H3,(H,17,18,19)/b7-3+. The highest BCUT2D eigenvalue weighted by atomic mass is 16.5. The number of hydrogen-bond acceptors (Lipinski definition) is 5. The van der Waals surface area contributed by atoms with Gasteiger partial charge in [-0.25, -0.2) is 10.8 Å². The number of aryl methyl sites for hydroxylation is 1. The van der Waals surface area contributed by atoms with Gasteiger partial charge in [0.15, 0.2) is 0 Å². The average molecular weight is 270 g/mol. The van der Waals surface area contributed by atoms with Crippen LogP contribution in [0.4, 0.5) is 5.82 Å². The first kappa shape index (κ1) is 14.0. The predicted octanol–water partition coefficient (Wildman–Crippen LogP) is 3.15. The molecule has 0 aliphatic heterocycles. The van der Waals surface area contributed by atoms with Crippen molar-refractivity contribution in [2.45, 2.75) is 20.3 Å². The molecule has 2 aromatic rings. The summed E-state index contributed by atoms with van der Waals surface area (Å²) in [4.78, 5) is 8.57. The van der Waals surface area contributed by atoms with Crippen molar-refractivity contribution in [3.05, 3.63) is 47.8 Å². The number of nitrogens with two attached hydrogens (primary N) is 1. The molecule has 1 aromatic heterocycles. The van der Waals surface area contributed by atoms with Crippen LogP contribution >= 0.6 is 0 Å². The molecule has 0 spiro atoms. The van der Waals surface area contributed by atoms with Gasteiger partial charge in [0.25, 0.3) is 0 Å². The lowest BCUT2D eigenvalue weighted by Crippen LogP contribution is -2.10.